The third-order valence-corrected chi connectivity index (χ3v) is 1.54. The molecule has 0 radical (unpaired) electrons. The largest absolute Gasteiger partial charge is 0.481 e. The van der Waals surface area contributed by atoms with Crippen molar-refractivity contribution < 1.29 is 55.7 Å². The van der Waals surface area contributed by atoms with Crippen LogP contribution in [-0.2, 0) is 40.4 Å². The predicted molar refractivity (Wildman–Crippen MR) is 46.2 cm³/mol. The van der Waals surface area contributed by atoms with Gasteiger partial charge in [-0.05, 0) is 0 Å². The van der Waals surface area contributed by atoms with E-state index in [2.05, 4.69) is 4.74 Å². The average molecular weight is 293 g/mol. The van der Waals surface area contributed by atoms with E-state index in [0.29, 0.717) is 0 Å². The van der Waals surface area contributed by atoms with Crippen molar-refractivity contribution in [1.29, 1.82) is 0 Å². The van der Waals surface area contributed by atoms with Crippen molar-refractivity contribution in [2.24, 2.45) is 0 Å². The van der Waals surface area contributed by atoms with Gasteiger partial charge in [0.25, 0.3) is 0 Å². The van der Waals surface area contributed by atoms with Crippen LogP contribution in [0.15, 0.2) is 0 Å². The topological polar surface area (TPSA) is 138 Å². The van der Waals surface area contributed by atoms with Crippen LogP contribution in [0.25, 0.3) is 0 Å². The van der Waals surface area contributed by atoms with Gasteiger partial charge in [-0.3, -0.25) is 14.4 Å². The third kappa shape index (κ3) is 6.65. The van der Waals surface area contributed by atoms with Crippen LogP contribution in [0.1, 0.15) is 19.8 Å². The maximum Gasteiger partial charge on any atom is 0.336 e. The first-order valence-corrected chi connectivity index (χ1v) is 4.06. The van der Waals surface area contributed by atoms with Crippen LogP contribution in [0.2, 0.25) is 0 Å². The second kappa shape index (κ2) is 6.98. The molecule has 0 rings (SSSR count). The minimum absolute atomic E-state index is 0. The molecule has 0 saturated heterocycles. The molecule has 0 amide bonds. The van der Waals surface area contributed by atoms with E-state index in [-0.39, 0.29) is 16.5 Å². The molecule has 0 heterocycles. The first-order chi connectivity index (χ1) is 7.17. The van der Waals surface area contributed by atoms with Crippen LogP contribution in [0.4, 0.5) is 0 Å². The van der Waals surface area contributed by atoms with Gasteiger partial charge in [-0.25, -0.2) is 4.79 Å². The normalized spacial score (nSPS) is 12.8. The SMILES string of the molecule is CC(=O)OC(=O)CC(O)(CC(=O)O)C(=O)O.[Ni]. The van der Waals surface area contributed by atoms with Gasteiger partial charge in [-0.1, -0.05) is 0 Å². The van der Waals surface area contributed by atoms with Crippen LogP contribution in [-0.4, -0.2) is 44.8 Å². The van der Waals surface area contributed by atoms with Crippen LogP contribution < -0.4 is 0 Å². The molecule has 0 aromatic heterocycles. The van der Waals surface area contributed by atoms with Gasteiger partial charge >= 0.3 is 23.9 Å². The molecule has 0 aliphatic heterocycles. The second-order valence-electron chi connectivity index (χ2n) is 3.05. The van der Waals surface area contributed by atoms with Gasteiger partial charge in [-0.15, -0.1) is 0 Å². The average Bonchev–Trinajstić information content (AvgIpc) is 1.98. The minimum atomic E-state index is -2.78. The summed E-state index contributed by atoms with van der Waals surface area (Å²) < 4.78 is 3.98. The van der Waals surface area contributed by atoms with Crippen LogP contribution in [0.3, 0.4) is 0 Å². The summed E-state index contributed by atoms with van der Waals surface area (Å²) in [6, 6.07) is 0. The van der Waals surface area contributed by atoms with Crippen molar-refractivity contribution in [2.75, 3.05) is 0 Å². The number of esters is 2. The molecule has 1 atom stereocenters. The van der Waals surface area contributed by atoms with Gasteiger partial charge in [-0.2, -0.15) is 0 Å². The van der Waals surface area contributed by atoms with Crippen molar-refractivity contribution in [3.05, 3.63) is 0 Å². The Kier molecular flexibility index (Phi) is 7.35. The summed E-state index contributed by atoms with van der Waals surface area (Å²) >= 11 is 0. The molecule has 1 unspecified atom stereocenters. The molecule has 3 N–H and O–H groups in total. The number of carbonyl (C=O) groups excluding carboxylic acids is 2. The van der Waals surface area contributed by atoms with E-state index < -0.39 is 42.3 Å². The smallest absolute Gasteiger partial charge is 0.336 e. The van der Waals surface area contributed by atoms with Gasteiger partial charge in [0.05, 0.1) is 12.8 Å². The minimum Gasteiger partial charge on any atom is -0.481 e. The molecular weight excluding hydrogens is 283 g/mol. The maximum atomic E-state index is 10.9. The third-order valence-electron chi connectivity index (χ3n) is 1.54. The summed E-state index contributed by atoms with van der Waals surface area (Å²) in [5.74, 6) is -5.76. The Morgan fingerprint density at radius 1 is 1.12 bits per heavy atom. The molecule has 0 fully saturated rings. The molecule has 0 aliphatic rings. The molecule has 0 bridgehead atoms. The molecule has 17 heavy (non-hydrogen) atoms. The molecule has 100 valence electrons. The van der Waals surface area contributed by atoms with Gasteiger partial charge in [0, 0.05) is 23.4 Å². The molecule has 8 nitrogen and oxygen atoms in total. The first-order valence-electron chi connectivity index (χ1n) is 4.06. The molecule has 9 heteroatoms. The summed E-state index contributed by atoms with van der Waals surface area (Å²) in [4.78, 5) is 42.1. The zero-order chi connectivity index (χ0) is 12.9. The Balaban J connectivity index is 0. The monoisotopic (exact) mass is 292 g/mol. The van der Waals surface area contributed by atoms with E-state index in [9.17, 15) is 24.3 Å². The number of carboxylic acid groups (broad SMARTS) is 2. The number of carbonyl (C=O) groups is 4. The zero-order valence-corrected chi connectivity index (χ0v) is 9.60. The number of aliphatic carboxylic acids is 2. The molecule has 0 saturated carbocycles. The number of ether oxygens (including phenoxy) is 1. The van der Waals surface area contributed by atoms with Crippen molar-refractivity contribution in [2.45, 2.75) is 25.4 Å². The Labute approximate surface area is 105 Å². The van der Waals surface area contributed by atoms with Crippen LogP contribution in [0.5, 0.6) is 0 Å². The summed E-state index contributed by atoms with van der Waals surface area (Å²) in [5, 5.41) is 26.3. The molecular formula is C8H10NiO8. The molecule has 0 aliphatic carbocycles. The maximum absolute atomic E-state index is 10.9. The predicted octanol–water partition coefficient (Wildman–Crippen LogP) is -1.25. The fourth-order valence-corrected chi connectivity index (χ4v) is 0.899. The van der Waals surface area contributed by atoms with Gasteiger partial charge in [0.1, 0.15) is 0 Å². The summed E-state index contributed by atoms with van der Waals surface area (Å²) in [6.45, 7) is 0.912. The Morgan fingerprint density at radius 3 is 1.88 bits per heavy atom. The zero-order valence-electron chi connectivity index (χ0n) is 8.61. The Hall–Kier alpha value is -1.47. The van der Waals surface area contributed by atoms with Gasteiger partial charge in [0.2, 0.25) is 0 Å². The quantitative estimate of drug-likeness (QED) is 0.325. The fourth-order valence-electron chi connectivity index (χ4n) is 0.899. The number of hydrogen-bond acceptors (Lipinski definition) is 6. The number of hydrogen-bond donors (Lipinski definition) is 3. The van der Waals surface area contributed by atoms with E-state index in [0.717, 1.165) is 6.92 Å². The summed E-state index contributed by atoms with van der Waals surface area (Å²) in [6.07, 6.45) is -2.29. The van der Waals surface area contributed by atoms with Gasteiger partial charge in [0.15, 0.2) is 5.60 Å². The van der Waals surface area contributed by atoms with Gasteiger partial charge < -0.3 is 20.1 Å². The van der Waals surface area contributed by atoms with Crippen LogP contribution >= 0.6 is 0 Å². The standard InChI is InChI=1S/C8H10O8.Ni/c1-4(9)16-6(12)3-8(15,7(13)14)2-5(10)11;/h15H,2-3H2,1H3,(H,10,11)(H,13,14);. The molecule has 0 spiro atoms. The summed E-state index contributed by atoms with van der Waals surface area (Å²) in [5.41, 5.74) is -2.78. The van der Waals surface area contributed by atoms with Crippen molar-refractivity contribution in [3.8, 4) is 0 Å². The Morgan fingerprint density at radius 2 is 1.59 bits per heavy atom. The fraction of sp³-hybridized carbons (Fsp3) is 0.500. The molecule has 0 aromatic rings. The van der Waals surface area contributed by atoms with Crippen molar-refractivity contribution in [1.82, 2.24) is 0 Å². The van der Waals surface area contributed by atoms with E-state index in [1.165, 1.54) is 0 Å². The number of aliphatic hydroxyl groups is 1. The van der Waals surface area contributed by atoms with E-state index in [4.69, 9.17) is 10.2 Å². The van der Waals surface area contributed by atoms with Crippen LogP contribution in [0, 0.1) is 0 Å². The second-order valence-corrected chi connectivity index (χ2v) is 3.05. The first kappa shape index (κ1) is 17.9. The number of carboxylic acids is 2. The number of rotatable bonds is 5. The Bertz CT molecular complexity index is 338. The summed E-state index contributed by atoms with van der Waals surface area (Å²) in [7, 11) is 0. The van der Waals surface area contributed by atoms with E-state index in [1.807, 2.05) is 0 Å². The van der Waals surface area contributed by atoms with Crippen molar-refractivity contribution in [3.63, 3.8) is 0 Å². The molecule has 0 aromatic carbocycles. The van der Waals surface area contributed by atoms with Crippen molar-refractivity contribution >= 4 is 23.9 Å². The van der Waals surface area contributed by atoms with E-state index >= 15 is 0 Å². The van der Waals surface area contributed by atoms with E-state index in [1.54, 1.807) is 0 Å².